The molecule has 1 rings (SSSR count). The Hall–Kier alpha value is -1.09. The van der Waals surface area contributed by atoms with Gasteiger partial charge in [0, 0.05) is 11.8 Å². The van der Waals surface area contributed by atoms with Crippen LogP contribution >= 0.6 is 0 Å². The fourth-order valence-electron chi connectivity index (χ4n) is 0.987. The van der Waals surface area contributed by atoms with Gasteiger partial charge in [0.2, 0.25) is 0 Å². The molecule has 0 saturated carbocycles. The Morgan fingerprint density at radius 1 is 1.43 bits per heavy atom. The molecular formula is C11H18N2O. The summed E-state index contributed by atoms with van der Waals surface area (Å²) >= 11 is 0. The number of hydrogen-bond donors (Lipinski definition) is 1. The van der Waals surface area contributed by atoms with Crippen molar-refractivity contribution in [3.63, 3.8) is 0 Å². The molecule has 0 aliphatic rings. The summed E-state index contributed by atoms with van der Waals surface area (Å²) in [6.07, 6.45) is 1.93. The van der Waals surface area contributed by atoms with Gasteiger partial charge in [-0.25, -0.2) is 4.98 Å². The largest absolute Gasteiger partial charge is 0.383 e. The number of nitrogens with two attached hydrogens (primary N) is 1. The fourth-order valence-corrected chi connectivity index (χ4v) is 0.987. The Kier molecular flexibility index (Phi) is 3.89. The quantitative estimate of drug-likeness (QED) is 0.799. The highest BCUT2D eigenvalue weighted by Gasteiger charge is 2.08. The second kappa shape index (κ2) is 4.96. The number of anilines is 1. The van der Waals surface area contributed by atoms with Crippen LogP contribution in [0.3, 0.4) is 0 Å². The maximum absolute atomic E-state index is 5.69. The number of nitrogens with zero attached hydrogens (tertiary/aromatic N) is 1. The number of pyridine rings is 1. The van der Waals surface area contributed by atoms with E-state index in [1.54, 1.807) is 6.20 Å². The van der Waals surface area contributed by atoms with Gasteiger partial charge in [0.25, 0.3) is 0 Å². The molecule has 78 valence electrons. The standard InChI is InChI=1S/C11H18N2O/c1-8(2)9(3)14-7-10-5-4-6-13-11(10)12/h4-6,8-9H,7H2,1-3H3,(H2,12,13). The molecule has 1 heterocycles. The van der Waals surface area contributed by atoms with Crippen molar-refractivity contribution in [1.82, 2.24) is 4.98 Å². The van der Waals surface area contributed by atoms with Crippen molar-refractivity contribution >= 4 is 5.82 Å². The van der Waals surface area contributed by atoms with Crippen LogP contribution in [0.5, 0.6) is 0 Å². The summed E-state index contributed by atoms with van der Waals surface area (Å²) in [6.45, 7) is 6.88. The van der Waals surface area contributed by atoms with E-state index >= 15 is 0 Å². The van der Waals surface area contributed by atoms with Crippen LogP contribution in [-0.2, 0) is 11.3 Å². The Bertz CT molecular complexity index is 286. The lowest BCUT2D eigenvalue weighted by Gasteiger charge is -2.16. The van der Waals surface area contributed by atoms with Crippen molar-refractivity contribution in [2.24, 2.45) is 5.92 Å². The first-order valence-electron chi connectivity index (χ1n) is 4.92. The number of aromatic nitrogens is 1. The molecule has 1 unspecified atom stereocenters. The SMILES string of the molecule is CC(C)C(C)OCc1cccnc1N. The zero-order valence-electron chi connectivity index (χ0n) is 9.03. The molecule has 0 aromatic carbocycles. The third kappa shape index (κ3) is 3.00. The van der Waals surface area contributed by atoms with E-state index in [1.165, 1.54) is 0 Å². The highest BCUT2D eigenvalue weighted by atomic mass is 16.5. The van der Waals surface area contributed by atoms with E-state index in [1.807, 2.05) is 12.1 Å². The van der Waals surface area contributed by atoms with Gasteiger partial charge in [0.1, 0.15) is 5.82 Å². The zero-order valence-corrected chi connectivity index (χ0v) is 9.03. The van der Waals surface area contributed by atoms with E-state index in [0.717, 1.165) is 5.56 Å². The highest BCUT2D eigenvalue weighted by molar-refractivity contribution is 5.37. The molecule has 3 nitrogen and oxygen atoms in total. The summed E-state index contributed by atoms with van der Waals surface area (Å²) in [5, 5.41) is 0. The van der Waals surface area contributed by atoms with Gasteiger partial charge < -0.3 is 10.5 Å². The van der Waals surface area contributed by atoms with E-state index in [0.29, 0.717) is 18.3 Å². The summed E-state index contributed by atoms with van der Waals surface area (Å²) in [6, 6.07) is 3.81. The molecule has 2 N–H and O–H groups in total. The van der Waals surface area contributed by atoms with E-state index in [9.17, 15) is 0 Å². The topological polar surface area (TPSA) is 48.1 Å². The number of rotatable bonds is 4. The van der Waals surface area contributed by atoms with Crippen LogP contribution in [0.15, 0.2) is 18.3 Å². The minimum absolute atomic E-state index is 0.245. The summed E-state index contributed by atoms with van der Waals surface area (Å²) in [5.74, 6) is 1.08. The molecule has 0 fully saturated rings. The minimum Gasteiger partial charge on any atom is -0.383 e. The van der Waals surface area contributed by atoms with E-state index in [-0.39, 0.29) is 6.10 Å². The normalized spacial score (nSPS) is 13.1. The van der Waals surface area contributed by atoms with Crippen LogP contribution in [0.1, 0.15) is 26.3 Å². The molecule has 14 heavy (non-hydrogen) atoms. The van der Waals surface area contributed by atoms with E-state index < -0.39 is 0 Å². The van der Waals surface area contributed by atoms with Gasteiger partial charge >= 0.3 is 0 Å². The van der Waals surface area contributed by atoms with E-state index in [2.05, 4.69) is 25.8 Å². The minimum atomic E-state index is 0.245. The Morgan fingerprint density at radius 2 is 2.14 bits per heavy atom. The molecule has 0 amide bonds. The average Bonchev–Trinajstić information content (AvgIpc) is 2.16. The summed E-state index contributed by atoms with van der Waals surface area (Å²) < 4.78 is 5.65. The number of hydrogen-bond acceptors (Lipinski definition) is 3. The maximum Gasteiger partial charge on any atom is 0.128 e. The first-order valence-corrected chi connectivity index (χ1v) is 4.92. The highest BCUT2D eigenvalue weighted by Crippen LogP contribution is 2.12. The van der Waals surface area contributed by atoms with Crippen LogP contribution in [0.2, 0.25) is 0 Å². The predicted octanol–water partition coefficient (Wildman–Crippen LogP) is 2.22. The molecule has 0 spiro atoms. The van der Waals surface area contributed by atoms with E-state index in [4.69, 9.17) is 10.5 Å². The van der Waals surface area contributed by atoms with Gasteiger partial charge in [-0.2, -0.15) is 0 Å². The van der Waals surface area contributed by atoms with Crippen LogP contribution in [0.25, 0.3) is 0 Å². The van der Waals surface area contributed by atoms with Crippen LogP contribution in [0.4, 0.5) is 5.82 Å². The second-order valence-electron chi connectivity index (χ2n) is 3.81. The Morgan fingerprint density at radius 3 is 2.71 bits per heavy atom. The molecule has 1 aromatic rings. The summed E-state index contributed by atoms with van der Waals surface area (Å²) in [4.78, 5) is 4.00. The summed E-state index contributed by atoms with van der Waals surface area (Å²) in [7, 11) is 0. The molecule has 3 heteroatoms. The van der Waals surface area contributed by atoms with Crippen molar-refractivity contribution in [1.29, 1.82) is 0 Å². The Labute approximate surface area is 85.3 Å². The molecule has 1 aromatic heterocycles. The third-order valence-electron chi connectivity index (χ3n) is 2.37. The third-order valence-corrected chi connectivity index (χ3v) is 2.37. The smallest absolute Gasteiger partial charge is 0.128 e. The lowest BCUT2D eigenvalue weighted by molar-refractivity contribution is 0.0237. The van der Waals surface area contributed by atoms with Crippen LogP contribution < -0.4 is 5.73 Å². The predicted molar refractivity (Wildman–Crippen MR) is 57.7 cm³/mol. The first kappa shape index (κ1) is 11.0. The lowest BCUT2D eigenvalue weighted by Crippen LogP contribution is -2.15. The fraction of sp³-hybridized carbons (Fsp3) is 0.545. The maximum atomic E-state index is 5.69. The van der Waals surface area contributed by atoms with Gasteiger partial charge in [0.05, 0.1) is 12.7 Å². The Balaban J connectivity index is 2.50. The van der Waals surface area contributed by atoms with Crippen molar-refractivity contribution in [2.45, 2.75) is 33.5 Å². The van der Waals surface area contributed by atoms with Gasteiger partial charge in [-0.3, -0.25) is 0 Å². The van der Waals surface area contributed by atoms with Gasteiger partial charge in [-0.05, 0) is 18.9 Å². The van der Waals surface area contributed by atoms with Crippen molar-refractivity contribution < 1.29 is 4.74 Å². The average molecular weight is 194 g/mol. The van der Waals surface area contributed by atoms with Crippen molar-refractivity contribution in [2.75, 3.05) is 5.73 Å². The van der Waals surface area contributed by atoms with Gasteiger partial charge in [0.15, 0.2) is 0 Å². The van der Waals surface area contributed by atoms with Gasteiger partial charge in [-0.15, -0.1) is 0 Å². The summed E-state index contributed by atoms with van der Waals surface area (Å²) in [5.41, 5.74) is 6.65. The monoisotopic (exact) mass is 194 g/mol. The second-order valence-corrected chi connectivity index (χ2v) is 3.81. The number of nitrogen functional groups attached to an aromatic ring is 1. The van der Waals surface area contributed by atoms with Crippen LogP contribution in [0, 0.1) is 5.92 Å². The van der Waals surface area contributed by atoms with Crippen molar-refractivity contribution in [3.05, 3.63) is 23.9 Å². The number of ether oxygens (including phenoxy) is 1. The molecule has 0 aliphatic carbocycles. The molecule has 0 aliphatic heterocycles. The first-order chi connectivity index (χ1) is 6.61. The van der Waals surface area contributed by atoms with Crippen molar-refractivity contribution in [3.8, 4) is 0 Å². The molecule has 0 saturated heterocycles. The van der Waals surface area contributed by atoms with Crippen LogP contribution in [-0.4, -0.2) is 11.1 Å². The molecule has 0 bridgehead atoms. The molecule has 0 radical (unpaired) electrons. The van der Waals surface area contributed by atoms with Gasteiger partial charge in [-0.1, -0.05) is 19.9 Å². The molecular weight excluding hydrogens is 176 g/mol. The lowest BCUT2D eigenvalue weighted by atomic mass is 10.1. The molecule has 1 atom stereocenters. The zero-order chi connectivity index (χ0) is 10.6.